The van der Waals surface area contributed by atoms with Crippen LogP contribution in [-0.2, 0) is 27.8 Å². The molecule has 1 amide bonds. The summed E-state index contributed by atoms with van der Waals surface area (Å²) in [5, 5.41) is 0. The normalized spacial score (nSPS) is 15.5. The predicted molar refractivity (Wildman–Crippen MR) is 94.6 cm³/mol. The Hall–Kier alpha value is -2.74. The molecular formula is C18H18N2O5S. The van der Waals surface area contributed by atoms with Crippen LogP contribution in [-0.4, -0.2) is 32.6 Å². The second-order valence-corrected chi connectivity index (χ2v) is 7.98. The maximum Gasteiger partial charge on any atom is 0.261 e. The number of hydrogen-bond acceptors (Lipinski definition) is 5. The fourth-order valence-corrected chi connectivity index (χ4v) is 4.24. The standard InChI is InChI=1S/C18H18N2O5S/c1-12(21)20-7-6-13-2-4-16(8-14(13)10-20)26(22,23)19-15-3-5-17-18(9-15)25-11-24-17/h2-5,8-9,19H,6-7,10-11H2,1H3. The van der Waals surface area contributed by atoms with Crippen LogP contribution in [0.4, 0.5) is 5.69 Å². The number of anilines is 1. The molecule has 0 bridgehead atoms. The smallest absolute Gasteiger partial charge is 0.261 e. The first-order chi connectivity index (χ1) is 12.4. The number of amides is 1. The van der Waals surface area contributed by atoms with Crippen molar-refractivity contribution in [2.24, 2.45) is 0 Å². The van der Waals surface area contributed by atoms with Crippen LogP contribution in [0.3, 0.4) is 0 Å². The maximum absolute atomic E-state index is 12.7. The van der Waals surface area contributed by atoms with Gasteiger partial charge in [0.15, 0.2) is 11.5 Å². The van der Waals surface area contributed by atoms with E-state index in [0.717, 1.165) is 17.5 Å². The SMILES string of the molecule is CC(=O)N1CCc2ccc(S(=O)(=O)Nc3ccc4c(c3)OCO4)cc2C1. The van der Waals surface area contributed by atoms with E-state index in [9.17, 15) is 13.2 Å². The van der Waals surface area contributed by atoms with Crippen LogP contribution >= 0.6 is 0 Å². The number of carbonyl (C=O) groups excluding carboxylic acids is 1. The lowest BCUT2D eigenvalue weighted by atomic mass is 10.00. The Labute approximate surface area is 151 Å². The molecule has 8 heteroatoms. The van der Waals surface area contributed by atoms with Gasteiger partial charge in [-0.3, -0.25) is 9.52 Å². The first-order valence-electron chi connectivity index (χ1n) is 8.22. The Morgan fingerprint density at radius 3 is 2.69 bits per heavy atom. The van der Waals surface area contributed by atoms with Crippen LogP contribution in [0.5, 0.6) is 11.5 Å². The van der Waals surface area contributed by atoms with Crippen LogP contribution in [0.2, 0.25) is 0 Å². The van der Waals surface area contributed by atoms with Gasteiger partial charge in [0.25, 0.3) is 10.0 Å². The zero-order chi connectivity index (χ0) is 18.3. The number of ether oxygens (including phenoxy) is 2. The third-order valence-corrected chi connectivity index (χ3v) is 5.95. The largest absolute Gasteiger partial charge is 0.454 e. The van der Waals surface area contributed by atoms with Crippen molar-refractivity contribution in [3.8, 4) is 11.5 Å². The van der Waals surface area contributed by atoms with Gasteiger partial charge in [-0.15, -0.1) is 0 Å². The van der Waals surface area contributed by atoms with E-state index in [2.05, 4.69) is 4.72 Å². The quantitative estimate of drug-likeness (QED) is 0.890. The van der Waals surface area contributed by atoms with Crippen molar-refractivity contribution in [3.63, 3.8) is 0 Å². The number of benzene rings is 2. The summed E-state index contributed by atoms with van der Waals surface area (Å²) in [6.45, 7) is 2.73. The van der Waals surface area contributed by atoms with Gasteiger partial charge in [0, 0.05) is 26.1 Å². The summed E-state index contributed by atoms with van der Waals surface area (Å²) in [7, 11) is -3.75. The Balaban J connectivity index is 1.60. The molecule has 0 aromatic heterocycles. The van der Waals surface area contributed by atoms with Gasteiger partial charge in [-0.25, -0.2) is 8.42 Å². The minimum atomic E-state index is -3.75. The number of hydrogen-bond donors (Lipinski definition) is 1. The van der Waals surface area contributed by atoms with E-state index >= 15 is 0 Å². The Bertz CT molecular complexity index is 987. The van der Waals surface area contributed by atoms with Crippen LogP contribution in [0, 0.1) is 0 Å². The van der Waals surface area contributed by atoms with Crippen LogP contribution in [0.25, 0.3) is 0 Å². The highest BCUT2D eigenvalue weighted by Gasteiger charge is 2.22. The van der Waals surface area contributed by atoms with E-state index in [-0.39, 0.29) is 17.6 Å². The van der Waals surface area contributed by atoms with E-state index in [1.54, 1.807) is 35.2 Å². The first kappa shape index (κ1) is 16.7. The number of sulfonamides is 1. The molecule has 0 saturated heterocycles. The van der Waals surface area contributed by atoms with Crippen LogP contribution in [0.1, 0.15) is 18.1 Å². The van der Waals surface area contributed by atoms with Gasteiger partial charge in [0.1, 0.15) is 0 Å². The number of fused-ring (bicyclic) bond motifs is 2. The molecule has 0 spiro atoms. The number of nitrogens with one attached hydrogen (secondary N) is 1. The zero-order valence-electron chi connectivity index (χ0n) is 14.2. The molecule has 2 heterocycles. The summed E-state index contributed by atoms with van der Waals surface area (Å²) in [5.41, 5.74) is 2.34. The minimum Gasteiger partial charge on any atom is -0.454 e. The molecule has 4 rings (SSSR count). The fourth-order valence-electron chi connectivity index (χ4n) is 3.14. The first-order valence-corrected chi connectivity index (χ1v) is 9.70. The molecule has 0 fully saturated rings. The molecule has 2 aliphatic rings. The van der Waals surface area contributed by atoms with Gasteiger partial charge in [-0.2, -0.15) is 0 Å². The van der Waals surface area contributed by atoms with Crippen molar-refractivity contribution in [1.82, 2.24) is 4.90 Å². The van der Waals surface area contributed by atoms with Crippen molar-refractivity contribution < 1.29 is 22.7 Å². The summed E-state index contributed by atoms with van der Waals surface area (Å²) in [6, 6.07) is 9.94. The predicted octanol–water partition coefficient (Wildman–Crippen LogP) is 2.12. The highest BCUT2D eigenvalue weighted by molar-refractivity contribution is 7.92. The van der Waals surface area contributed by atoms with Gasteiger partial charge in [-0.05, 0) is 41.8 Å². The van der Waals surface area contributed by atoms with Crippen LogP contribution in [0.15, 0.2) is 41.3 Å². The second kappa shape index (κ2) is 6.21. The van der Waals surface area contributed by atoms with E-state index in [1.807, 2.05) is 6.07 Å². The topological polar surface area (TPSA) is 84.9 Å². The molecule has 2 aromatic carbocycles. The number of carbonyl (C=O) groups is 1. The molecule has 0 saturated carbocycles. The molecule has 0 radical (unpaired) electrons. The summed E-state index contributed by atoms with van der Waals surface area (Å²) in [4.78, 5) is 13.5. The van der Waals surface area contributed by atoms with E-state index in [0.29, 0.717) is 30.3 Å². The Morgan fingerprint density at radius 1 is 1.08 bits per heavy atom. The minimum absolute atomic E-state index is 0.0117. The lowest BCUT2D eigenvalue weighted by Gasteiger charge is -2.28. The van der Waals surface area contributed by atoms with Gasteiger partial charge in [0.05, 0.1) is 10.6 Å². The summed E-state index contributed by atoms with van der Waals surface area (Å²) < 4.78 is 38.5. The highest BCUT2D eigenvalue weighted by atomic mass is 32.2. The van der Waals surface area contributed by atoms with Gasteiger partial charge < -0.3 is 14.4 Å². The lowest BCUT2D eigenvalue weighted by molar-refractivity contribution is -0.129. The molecule has 7 nitrogen and oxygen atoms in total. The molecule has 2 aromatic rings. The summed E-state index contributed by atoms with van der Waals surface area (Å²) in [6.07, 6.45) is 0.727. The second-order valence-electron chi connectivity index (χ2n) is 6.29. The molecular weight excluding hydrogens is 356 g/mol. The van der Waals surface area contributed by atoms with E-state index in [4.69, 9.17) is 9.47 Å². The van der Waals surface area contributed by atoms with Crippen LogP contribution < -0.4 is 14.2 Å². The Kier molecular flexibility index (Phi) is 3.99. The average Bonchev–Trinajstić information content (AvgIpc) is 3.08. The van der Waals surface area contributed by atoms with E-state index in [1.165, 1.54) is 6.92 Å². The fraction of sp³-hybridized carbons (Fsp3) is 0.278. The van der Waals surface area contributed by atoms with Crippen molar-refractivity contribution >= 4 is 21.6 Å². The lowest BCUT2D eigenvalue weighted by Crippen LogP contribution is -2.34. The molecule has 0 unspecified atom stereocenters. The number of nitrogens with zero attached hydrogens (tertiary/aromatic N) is 1. The zero-order valence-corrected chi connectivity index (χ0v) is 15.0. The molecule has 136 valence electrons. The summed E-state index contributed by atoms with van der Waals surface area (Å²) in [5.74, 6) is 1.08. The monoisotopic (exact) mass is 374 g/mol. The number of rotatable bonds is 3. The summed E-state index contributed by atoms with van der Waals surface area (Å²) >= 11 is 0. The van der Waals surface area contributed by atoms with Gasteiger partial charge >= 0.3 is 0 Å². The van der Waals surface area contributed by atoms with Crippen molar-refractivity contribution in [2.75, 3.05) is 18.1 Å². The van der Waals surface area contributed by atoms with Gasteiger partial charge in [0.2, 0.25) is 12.7 Å². The Morgan fingerprint density at radius 2 is 1.88 bits per heavy atom. The molecule has 0 aliphatic carbocycles. The van der Waals surface area contributed by atoms with E-state index < -0.39 is 10.0 Å². The van der Waals surface area contributed by atoms with Gasteiger partial charge in [-0.1, -0.05) is 6.07 Å². The highest BCUT2D eigenvalue weighted by Crippen LogP contribution is 2.35. The molecule has 26 heavy (non-hydrogen) atoms. The maximum atomic E-state index is 12.7. The van der Waals surface area contributed by atoms with Crippen molar-refractivity contribution in [1.29, 1.82) is 0 Å². The average molecular weight is 374 g/mol. The van der Waals surface area contributed by atoms with Crippen molar-refractivity contribution in [2.45, 2.75) is 24.8 Å². The third kappa shape index (κ3) is 3.08. The molecule has 1 N–H and O–H groups in total. The molecule has 0 atom stereocenters. The third-order valence-electron chi connectivity index (χ3n) is 4.57. The van der Waals surface area contributed by atoms with Crippen molar-refractivity contribution in [3.05, 3.63) is 47.5 Å². The molecule has 2 aliphatic heterocycles.